The lowest BCUT2D eigenvalue weighted by atomic mass is 10.2. The van der Waals surface area contributed by atoms with Crippen molar-refractivity contribution < 1.29 is 13.3 Å². The minimum Gasteiger partial charge on any atom is -0.308 e. The van der Waals surface area contributed by atoms with Crippen LogP contribution in [0.4, 0.5) is 5.69 Å². The van der Waals surface area contributed by atoms with E-state index < -0.39 is 14.9 Å². The minimum absolute atomic E-state index is 0.0540. The number of nitro benzene ring substituents is 1. The summed E-state index contributed by atoms with van der Waals surface area (Å²) in [6.45, 7) is 0.946. The average molecular weight is 287 g/mol. The number of hydrogen-bond acceptors (Lipinski definition) is 5. The second kappa shape index (κ2) is 6.60. The quantitative estimate of drug-likeness (QED) is 0.585. The zero-order valence-electron chi connectivity index (χ0n) is 10.9. The first kappa shape index (κ1) is 15.5. The van der Waals surface area contributed by atoms with Gasteiger partial charge in [0.1, 0.15) is 0 Å². The van der Waals surface area contributed by atoms with E-state index in [1.165, 1.54) is 24.3 Å². The average Bonchev–Trinajstić information content (AvgIpc) is 2.28. The minimum atomic E-state index is -3.41. The van der Waals surface area contributed by atoms with Gasteiger partial charge in [0, 0.05) is 25.2 Å². The molecule has 1 aromatic rings. The Morgan fingerprint density at radius 3 is 2.32 bits per heavy atom. The van der Waals surface area contributed by atoms with Crippen LogP contribution in [0.1, 0.15) is 5.56 Å². The fraction of sp³-hybridized carbons (Fsp3) is 0.455. The zero-order valence-corrected chi connectivity index (χ0v) is 11.7. The molecule has 7 nitrogen and oxygen atoms in total. The van der Waals surface area contributed by atoms with E-state index in [0.29, 0.717) is 18.7 Å². The smallest absolute Gasteiger partial charge is 0.269 e. The van der Waals surface area contributed by atoms with Gasteiger partial charge in [-0.2, -0.15) is 0 Å². The van der Waals surface area contributed by atoms with Crippen molar-refractivity contribution in [3.63, 3.8) is 0 Å². The molecule has 19 heavy (non-hydrogen) atoms. The van der Waals surface area contributed by atoms with Gasteiger partial charge in [-0.25, -0.2) is 13.1 Å². The number of hydrogen-bond donors (Lipinski definition) is 1. The standard InChI is InChI=1S/C11H17N3O4S/c1-13(2)8-7-12-19(17,18)9-10-3-5-11(6-4-10)14(15)16/h3-6,12H,7-9H2,1-2H3. The highest BCUT2D eigenvalue weighted by atomic mass is 32.2. The van der Waals surface area contributed by atoms with Gasteiger partial charge in [-0.05, 0) is 19.7 Å². The maximum Gasteiger partial charge on any atom is 0.269 e. The van der Waals surface area contributed by atoms with Crippen LogP contribution >= 0.6 is 0 Å². The molecule has 0 radical (unpaired) electrons. The molecule has 106 valence electrons. The Morgan fingerprint density at radius 1 is 1.26 bits per heavy atom. The van der Waals surface area contributed by atoms with E-state index in [4.69, 9.17) is 0 Å². The SMILES string of the molecule is CN(C)CCNS(=O)(=O)Cc1ccc([N+](=O)[O-])cc1. The Kier molecular flexibility index (Phi) is 5.40. The highest BCUT2D eigenvalue weighted by molar-refractivity contribution is 7.88. The van der Waals surface area contributed by atoms with Gasteiger partial charge in [0.2, 0.25) is 10.0 Å². The normalized spacial score (nSPS) is 11.7. The van der Waals surface area contributed by atoms with Gasteiger partial charge in [0.05, 0.1) is 10.7 Å². The van der Waals surface area contributed by atoms with E-state index >= 15 is 0 Å². The molecule has 0 fully saturated rings. The maximum absolute atomic E-state index is 11.7. The van der Waals surface area contributed by atoms with Crippen LogP contribution in [0.15, 0.2) is 24.3 Å². The zero-order chi connectivity index (χ0) is 14.5. The molecule has 0 bridgehead atoms. The third-order valence-corrected chi connectivity index (χ3v) is 3.74. The van der Waals surface area contributed by atoms with Gasteiger partial charge in [0.15, 0.2) is 0 Å². The summed E-state index contributed by atoms with van der Waals surface area (Å²) in [5.41, 5.74) is 0.463. The van der Waals surface area contributed by atoms with E-state index in [2.05, 4.69) is 4.72 Å². The number of benzene rings is 1. The van der Waals surface area contributed by atoms with Crippen LogP contribution in [0.5, 0.6) is 0 Å². The molecule has 0 heterocycles. The second-order valence-corrected chi connectivity index (χ2v) is 6.19. The van der Waals surface area contributed by atoms with Crippen LogP contribution in [-0.2, 0) is 15.8 Å². The lowest BCUT2D eigenvalue weighted by Crippen LogP contribution is -2.32. The highest BCUT2D eigenvalue weighted by Gasteiger charge is 2.12. The van der Waals surface area contributed by atoms with Crippen LogP contribution in [-0.4, -0.2) is 45.4 Å². The molecule has 1 rings (SSSR count). The molecule has 0 aliphatic heterocycles. The van der Waals surface area contributed by atoms with E-state index in [9.17, 15) is 18.5 Å². The van der Waals surface area contributed by atoms with Gasteiger partial charge < -0.3 is 4.90 Å². The summed E-state index contributed by atoms with van der Waals surface area (Å²) in [5.74, 6) is -0.182. The Balaban J connectivity index is 2.60. The number of nitro groups is 1. The molecular weight excluding hydrogens is 270 g/mol. The Morgan fingerprint density at radius 2 is 1.84 bits per heavy atom. The lowest BCUT2D eigenvalue weighted by Gasteiger charge is -2.10. The number of nitrogens with zero attached hydrogens (tertiary/aromatic N) is 2. The molecule has 0 saturated carbocycles. The first-order valence-corrected chi connectivity index (χ1v) is 7.31. The molecule has 0 atom stereocenters. The fourth-order valence-electron chi connectivity index (χ4n) is 1.41. The van der Waals surface area contributed by atoms with Crippen molar-refractivity contribution in [2.45, 2.75) is 5.75 Å². The molecule has 1 N–H and O–H groups in total. The molecule has 0 spiro atoms. The van der Waals surface area contributed by atoms with Crippen LogP contribution < -0.4 is 4.72 Å². The number of sulfonamides is 1. The first-order valence-electron chi connectivity index (χ1n) is 5.65. The summed E-state index contributed by atoms with van der Waals surface area (Å²) in [6.07, 6.45) is 0. The van der Waals surface area contributed by atoms with Crippen molar-refractivity contribution in [1.29, 1.82) is 0 Å². The van der Waals surface area contributed by atoms with Crippen LogP contribution in [0.2, 0.25) is 0 Å². The molecule has 0 unspecified atom stereocenters. The fourth-order valence-corrected chi connectivity index (χ4v) is 2.54. The van der Waals surface area contributed by atoms with Crippen molar-refractivity contribution in [2.75, 3.05) is 27.2 Å². The van der Waals surface area contributed by atoms with Crippen molar-refractivity contribution in [3.05, 3.63) is 39.9 Å². The van der Waals surface area contributed by atoms with Gasteiger partial charge in [-0.15, -0.1) is 0 Å². The Hall–Kier alpha value is -1.51. The number of non-ortho nitro benzene ring substituents is 1. The van der Waals surface area contributed by atoms with Crippen molar-refractivity contribution in [1.82, 2.24) is 9.62 Å². The highest BCUT2D eigenvalue weighted by Crippen LogP contribution is 2.13. The number of likely N-dealkylation sites (N-methyl/N-ethyl adjacent to an activating group) is 1. The maximum atomic E-state index is 11.7. The van der Waals surface area contributed by atoms with Crippen molar-refractivity contribution in [3.8, 4) is 0 Å². The van der Waals surface area contributed by atoms with Crippen molar-refractivity contribution in [2.24, 2.45) is 0 Å². The third kappa shape index (κ3) is 5.77. The molecule has 0 aliphatic rings. The monoisotopic (exact) mass is 287 g/mol. The molecule has 0 aromatic heterocycles. The molecule has 8 heteroatoms. The molecular formula is C11H17N3O4S. The second-order valence-electron chi connectivity index (χ2n) is 4.38. The topological polar surface area (TPSA) is 92.6 Å². The third-order valence-electron chi connectivity index (χ3n) is 2.38. The van der Waals surface area contributed by atoms with Crippen molar-refractivity contribution >= 4 is 15.7 Å². The van der Waals surface area contributed by atoms with E-state index in [1.54, 1.807) is 0 Å². The van der Waals surface area contributed by atoms with Gasteiger partial charge in [-0.3, -0.25) is 10.1 Å². The predicted molar refractivity (Wildman–Crippen MR) is 72.3 cm³/mol. The van der Waals surface area contributed by atoms with E-state index in [-0.39, 0.29) is 11.4 Å². The summed E-state index contributed by atoms with van der Waals surface area (Å²) in [6, 6.07) is 5.49. The first-order chi connectivity index (χ1) is 8.80. The van der Waals surface area contributed by atoms with E-state index in [1.807, 2.05) is 19.0 Å². The predicted octanol–water partition coefficient (Wildman–Crippen LogP) is 0.576. The number of nitrogens with one attached hydrogen (secondary N) is 1. The largest absolute Gasteiger partial charge is 0.308 e. The molecule has 0 saturated heterocycles. The van der Waals surface area contributed by atoms with Crippen LogP contribution in [0.25, 0.3) is 0 Å². The van der Waals surface area contributed by atoms with Gasteiger partial charge in [0.25, 0.3) is 5.69 Å². The van der Waals surface area contributed by atoms with Crippen LogP contribution in [0.3, 0.4) is 0 Å². The Bertz CT molecular complexity index is 525. The summed E-state index contributed by atoms with van der Waals surface area (Å²) in [4.78, 5) is 11.8. The summed E-state index contributed by atoms with van der Waals surface area (Å²) >= 11 is 0. The van der Waals surface area contributed by atoms with Crippen LogP contribution in [0, 0.1) is 10.1 Å². The van der Waals surface area contributed by atoms with Gasteiger partial charge in [-0.1, -0.05) is 12.1 Å². The molecule has 0 amide bonds. The summed E-state index contributed by atoms with van der Waals surface area (Å²) in [7, 11) is 0.294. The lowest BCUT2D eigenvalue weighted by molar-refractivity contribution is -0.384. The Labute approximate surface area is 112 Å². The molecule has 1 aromatic carbocycles. The summed E-state index contributed by atoms with van der Waals surface area (Å²) in [5, 5.41) is 10.5. The number of rotatable bonds is 7. The van der Waals surface area contributed by atoms with E-state index in [0.717, 1.165) is 0 Å². The summed E-state index contributed by atoms with van der Waals surface area (Å²) < 4.78 is 25.9. The molecule has 0 aliphatic carbocycles. The van der Waals surface area contributed by atoms with Gasteiger partial charge >= 0.3 is 0 Å².